The van der Waals surface area contributed by atoms with Crippen molar-refractivity contribution >= 4 is 0 Å². The largest absolute Gasteiger partial charge is 0.636 e. The standard InChI is InChI=1S/C16H33NO/c1-2-3-4-5-6-7-8-9-10-11-12-13-14-15-16-17-18/h2H,1,3-17H2. The average molecular weight is 255 g/mol. The number of quaternary nitrogens is 1. The zero-order valence-corrected chi connectivity index (χ0v) is 12.2. The summed E-state index contributed by atoms with van der Waals surface area (Å²) in [6.07, 6.45) is 19.3. The highest BCUT2D eigenvalue weighted by Gasteiger charge is 1.93. The van der Waals surface area contributed by atoms with Gasteiger partial charge in [-0.1, -0.05) is 63.9 Å². The zero-order chi connectivity index (χ0) is 13.3. The molecular formula is C16H33NO. The normalized spacial score (nSPS) is 10.7. The SMILES string of the molecule is C=CCCCCCCCCCCCCCC[NH2+][O-]. The third-order valence-corrected chi connectivity index (χ3v) is 3.48. The summed E-state index contributed by atoms with van der Waals surface area (Å²) >= 11 is 0. The van der Waals surface area contributed by atoms with Gasteiger partial charge in [-0.25, -0.2) is 0 Å². The van der Waals surface area contributed by atoms with Gasteiger partial charge in [0.1, 0.15) is 0 Å². The number of hydrogen-bond donors (Lipinski definition) is 1. The van der Waals surface area contributed by atoms with Crippen molar-refractivity contribution in [2.75, 3.05) is 6.54 Å². The van der Waals surface area contributed by atoms with E-state index in [4.69, 9.17) is 0 Å². The van der Waals surface area contributed by atoms with Gasteiger partial charge >= 0.3 is 0 Å². The Labute approximate surface area is 114 Å². The summed E-state index contributed by atoms with van der Waals surface area (Å²) in [6.45, 7) is 4.50. The summed E-state index contributed by atoms with van der Waals surface area (Å²) in [5, 5.41) is 10.1. The molecule has 0 rings (SSSR count). The first-order chi connectivity index (χ1) is 8.91. The molecule has 108 valence electrons. The van der Waals surface area contributed by atoms with Crippen LogP contribution < -0.4 is 5.48 Å². The zero-order valence-electron chi connectivity index (χ0n) is 12.2. The first-order valence-electron chi connectivity index (χ1n) is 7.96. The average Bonchev–Trinajstić information content (AvgIpc) is 2.39. The fraction of sp³-hybridized carbons (Fsp3) is 0.875. The molecule has 0 spiro atoms. The summed E-state index contributed by atoms with van der Waals surface area (Å²) in [7, 11) is 0. The number of hydrogen-bond acceptors (Lipinski definition) is 1. The molecule has 0 amide bonds. The second-order valence-electron chi connectivity index (χ2n) is 5.28. The van der Waals surface area contributed by atoms with Gasteiger partial charge in [0.25, 0.3) is 0 Å². The van der Waals surface area contributed by atoms with Crippen molar-refractivity contribution < 1.29 is 5.48 Å². The second-order valence-corrected chi connectivity index (χ2v) is 5.28. The molecule has 2 N–H and O–H groups in total. The van der Waals surface area contributed by atoms with E-state index in [0.29, 0.717) is 0 Å². The van der Waals surface area contributed by atoms with Crippen molar-refractivity contribution in [3.05, 3.63) is 17.9 Å². The van der Waals surface area contributed by atoms with E-state index < -0.39 is 0 Å². The molecule has 2 nitrogen and oxygen atoms in total. The maximum Gasteiger partial charge on any atom is 0.0752 e. The first kappa shape index (κ1) is 17.7. The number of nitrogens with two attached hydrogens (primary N) is 1. The number of rotatable bonds is 15. The van der Waals surface area contributed by atoms with Crippen LogP contribution >= 0.6 is 0 Å². The quantitative estimate of drug-likeness (QED) is 0.264. The molecule has 0 saturated carbocycles. The molecule has 0 aromatic carbocycles. The van der Waals surface area contributed by atoms with Crippen LogP contribution in [0.5, 0.6) is 0 Å². The van der Waals surface area contributed by atoms with Crippen molar-refractivity contribution in [2.45, 2.75) is 83.5 Å². The Balaban J connectivity index is 2.88. The van der Waals surface area contributed by atoms with Crippen LogP contribution in [-0.4, -0.2) is 6.54 Å². The minimum absolute atomic E-state index is 0.756. The van der Waals surface area contributed by atoms with Crippen LogP contribution in [0.3, 0.4) is 0 Å². The third kappa shape index (κ3) is 15.7. The lowest BCUT2D eigenvalue weighted by molar-refractivity contribution is -0.589. The topological polar surface area (TPSA) is 39.7 Å². The highest BCUT2D eigenvalue weighted by atomic mass is 16.5. The van der Waals surface area contributed by atoms with Crippen LogP contribution in [0.15, 0.2) is 12.7 Å². The maximum absolute atomic E-state index is 10.1. The van der Waals surface area contributed by atoms with Gasteiger partial charge in [-0.15, -0.1) is 6.58 Å². The minimum atomic E-state index is 0.756. The lowest BCUT2D eigenvalue weighted by Crippen LogP contribution is -2.77. The Hall–Kier alpha value is -0.340. The van der Waals surface area contributed by atoms with E-state index in [1.54, 1.807) is 0 Å². The Morgan fingerprint density at radius 3 is 1.44 bits per heavy atom. The molecule has 0 aromatic rings. The van der Waals surface area contributed by atoms with Gasteiger partial charge in [0.05, 0.1) is 6.54 Å². The summed E-state index contributed by atoms with van der Waals surface area (Å²) in [4.78, 5) is 0. The Kier molecular flexibility index (Phi) is 16.3. The van der Waals surface area contributed by atoms with Crippen molar-refractivity contribution in [1.82, 2.24) is 0 Å². The molecule has 0 aliphatic heterocycles. The van der Waals surface area contributed by atoms with Gasteiger partial charge in [-0.2, -0.15) is 0 Å². The summed E-state index contributed by atoms with van der Waals surface area (Å²) < 4.78 is 0. The van der Waals surface area contributed by atoms with Gasteiger partial charge in [-0.3, -0.25) is 0 Å². The smallest absolute Gasteiger partial charge is 0.0752 e. The number of unbranched alkanes of at least 4 members (excludes halogenated alkanes) is 12. The number of allylic oxidation sites excluding steroid dienone is 1. The molecule has 0 unspecified atom stereocenters. The lowest BCUT2D eigenvalue weighted by atomic mass is 10.0. The van der Waals surface area contributed by atoms with Gasteiger partial charge in [0.2, 0.25) is 0 Å². The Morgan fingerprint density at radius 2 is 1.06 bits per heavy atom. The van der Waals surface area contributed by atoms with Crippen LogP contribution in [0.25, 0.3) is 0 Å². The van der Waals surface area contributed by atoms with E-state index in [2.05, 4.69) is 6.58 Å². The van der Waals surface area contributed by atoms with E-state index in [-0.39, 0.29) is 0 Å². The highest BCUT2D eigenvalue weighted by Crippen LogP contribution is 2.12. The molecule has 0 aromatic heterocycles. The molecule has 0 fully saturated rings. The first-order valence-corrected chi connectivity index (χ1v) is 7.96. The van der Waals surface area contributed by atoms with Crippen LogP contribution in [0.4, 0.5) is 0 Å². The van der Waals surface area contributed by atoms with Gasteiger partial charge in [0.15, 0.2) is 0 Å². The fourth-order valence-electron chi connectivity index (χ4n) is 2.28. The van der Waals surface area contributed by atoms with Crippen LogP contribution in [-0.2, 0) is 0 Å². The highest BCUT2D eigenvalue weighted by molar-refractivity contribution is 4.65. The van der Waals surface area contributed by atoms with E-state index in [1.165, 1.54) is 77.0 Å². The maximum atomic E-state index is 10.1. The predicted molar refractivity (Wildman–Crippen MR) is 80.4 cm³/mol. The van der Waals surface area contributed by atoms with E-state index in [9.17, 15) is 5.21 Å². The van der Waals surface area contributed by atoms with Crippen LogP contribution in [0.1, 0.15) is 83.5 Å². The van der Waals surface area contributed by atoms with Crippen molar-refractivity contribution in [2.24, 2.45) is 0 Å². The molecule has 0 aliphatic rings. The molecule has 0 heterocycles. The number of hydroxylamine groups is 1. The van der Waals surface area contributed by atoms with Gasteiger partial charge in [-0.05, 0) is 25.7 Å². The summed E-state index contributed by atoms with van der Waals surface area (Å²) in [5.74, 6) is 0. The molecular weight excluding hydrogens is 222 g/mol. The second kappa shape index (κ2) is 16.7. The fourth-order valence-corrected chi connectivity index (χ4v) is 2.28. The van der Waals surface area contributed by atoms with Crippen molar-refractivity contribution in [1.29, 1.82) is 0 Å². The van der Waals surface area contributed by atoms with E-state index >= 15 is 0 Å². The molecule has 2 heteroatoms. The molecule has 0 saturated heterocycles. The monoisotopic (exact) mass is 255 g/mol. The minimum Gasteiger partial charge on any atom is -0.636 e. The Morgan fingerprint density at radius 1 is 0.667 bits per heavy atom. The van der Waals surface area contributed by atoms with Crippen molar-refractivity contribution in [3.8, 4) is 0 Å². The lowest BCUT2D eigenvalue weighted by Gasteiger charge is -2.03. The van der Waals surface area contributed by atoms with Gasteiger partial charge in [0, 0.05) is 0 Å². The third-order valence-electron chi connectivity index (χ3n) is 3.48. The molecule has 0 radical (unpaired) electrons. The van der Waals surface area contributed by atoms with Crippen molar-refractivity contribution in [3.63, 3.8) is 0 Å². The van der Waals surface area contributed by atoms with Crippen LogP contribution in [0, 0.1) is 5.21 Å². The summed E-state index contributed by atoms with van der Waals surface area (Å²) in [6, 6.07) is 0. The molecule has 0 atom stereocenters. The van der Waals surface area contributed by atoms with E-state index in [1.807, 2.05) is 6.08 Å². The molecule has 0 bridgehead atoms. The predicted octanol–water partition coefficient (Wildman–Crippen LogP) is 4.30. The van der Waals surface area contributed by atoms with Gasteiger partial charge < -0.3 is 10.7 Å². The molecule has 0 aliphatic carbocycles. The summed E-state index contributed by atoms with van der Waals surface area (Å²) in [5.41, 5.74) is 1.04. The van der Waals surface area contributed by atoms with E-state index in [0.717, 1.165) is 18.4 Å². The molecule has 18 heavy (non-hydrogen) atoms. The Bertz CT molecular complexity index is 159. The van der Waals surface area contributed by atoms with Crippen LogP contribution in [0.2, 0.25) is 0 Å².